The van der Waals surface area contributed by atoms with Gasteiger partial charge in [-0.2, -0.15) is 0 Å². The third-order valence-corrected chi connectivity index (χ3v) is 11.6. The van der Waals surface area contributed by atoms with Crippen LogP contribution in [0.2, 0.25) is 0 Å². The molecule has 0 aromatic heterocycles. The number of unbranched alkanes of at least 4 members (excludes halogenated alkanes) is 26. The molecule has 0 saturated carbocycles. The van der Waals surface area contributed by atoms with Gasteiger partial charge in [0.25, 0.3) is 7.82 Å². The first-order valence-electron chi connectivity index (χ1n) is 23.9. The number of hydrogen-bond acceptors (Lipinski definition) is 9. The second-order valence-corrected chi connectivity index (χ2v) is 18.9. The maximum atomic E-state index is 13.0. The highest BCUT2D eigenvalue weighted by Crippen LogP contribution is 2.38. The Balaban J connectivity index is 4.80. The van der Waals surface area contributed by atoms with Gasteiger partial charge >= 0.3 is 11.9 Å². The molecule has 0 amide bonds. The maximum absolute atomic E-state index is 13.0. The Morgan fingerprint density at radius 1 is 0.610 bits per heavy atom. The second kappa shape index (κ2) is 40.2. The normalized spacial score (nSPS) is 13.9. The Kier molecular flexibility index (Phi) is 38.8. The third kappa shape index (κ3) is 41.2. The largest absolute Gasteiger partial charge is 0.756 e. The number of rotatable bonds is 44. The molecule has 0 spiro atoms. The molecule has 0 aliphatic heterocycles. The topological polar surface area (TPSA) is 160 Å². The van der Waals surface area contributed by atoms with Crippen LogP contribution < -0.4 is 4.89 Å². The van der Waals surface area contributed by atoms with Gasteiger partial charge < -0.3 is 27.9 Å². The molecule has 0 aliphatic carbocycles. The molecule has 1 unspecified atom stereocenters. The molecule has 13 heteroatoms. The summed E-state index contributed by atoms with van der Waals surface area (Å²) in [5, 5.41) is 3.57. The fourth-order valence-electron chi connectivity index (χ4n) is 6.81. The number of quaternary nitrogens is 1. The summed E-state index contributed by atoms with van der Waals surface area (Å²) in [5.41, 5.74) is 9.06. The number of phosphoric acid groups is 1. The summed E-state index contributed by atoms with van der Waals surface area (Å²) in [5.74, 6) is -1.10. The average molecular weight is 857 g/mol. The molecule has 0 saturated heterocycles. The van der Waals surface area contributed by atoms with Gasteiger partial charge in [0.2, 0.25) is 0 Å². The molecule has 0 aliphatic rings. The van der Waals surface area contributed by atoms with Gasteiger partial charge in [-0.3, -0.25) is 14.2 Å². The van der Waals surface area contributed by atoms with Gasteiger partial charge in [0.15, 0.2) is 6.10 Å². The SMILES string of the molecule is CCCCCCCC/C=C\CCCCCCCCC(=O)O[C@@H](COP(=O)([O-])OCC[N+](C)(C)C)[C@H](CN=[N+]=[N-])OC(=O)CCCCCCCCCCCCCCCCC. The van der Waals surface area contributed by atoms with Crippen LogP contribution in [0, 0.1) is 0 Å². The number of esters is 2. The van der Waals surface area contributed by atoms with Gasteiger partial charge in [-0.25, -0.2) is 0 Å². The van der Waals surface area contributed by atoms with E-state index < -0.39 is 38.6 Å². The molecule has 0 radical (unpaired) electrons. The van der Waals surface area contributed by atoms with E-state index in [9.17, 15) is 19.0 Å². The van der Waals surface area contributed by atoms with Crippen LogP contribution in [0.15, 0.2) is 17.3 Å². The van der Waals surface area contributed by atoms with E-state index in [2.05, 4.69) is 36.0 Å². The van der Waals surface area contributed by atoms with E-state index >= 15 is 0 Å². The molecule has 0 N–H and O–H groups in total. The molecule has 0 heterocycles. The molecule has 0 bridgehead atoms. The number of phosphoric ester groups is 1. The molecule has 3 atom stereocenters. The van der Waals surface area contributed by atoms with Crippen molar-refractivity contribution in [3.63, 3.8) is 0 Å². The average Bonchev–Trinajstić information content (AvgIpc) is 3.18. The second-order valence-electron chi connectivity index (χ2n) is 17.4. The highest BCUT2D eigenvalue weighted by Gasteiger charge is 2.30. The van der Waals surface area contributed by atoms with E-state index in [1.54, 1.807) is 0 Å². The summed E-state index contributed by atoms with van der Waals surface area (Å²) in [6.07, 6.45) is 36.6. The molecule has 0 aromatic rings. The lowest BCUT2D eigenvalue weighted by molar-refractivity contribution is -0.870. The zero-order valence-electron chi connectivity index (χ0n) is 38.6. The number of carbonyl (C=O) groups excluding carboxylic acids is 2. The molecular formula is C46H89N4O8P. The van der Waals surface area contributed by atoms with Crippen molar-refractivity contribution in [3.05, 3.63) is 22.6 Å². The van der Waals surface area contributed by atoms with E-state index in [-0.39, 0.29) is 26.0 Å². The van der Waals surface area contributed by atoms with Crippen molar-refractivity contribution in [2.24, 2.45) is 5.11 Å². The number of carbonyl (C=O) groups is 2. The molecular weight excluding hydrogens is 767 g/mol. The van der Waals surface area contributed by atoms with E-state index in [0.717, 1.165) is 57.8 Å². The molecule has 12 nitrogen and oxygen atoms in total. The van der Waals surface area contributed by atoms with Crippen LogP contribution in [-0.4, -0.2) is 76.1 Å². The Morgan fingerprint density at radius 3 is 1.37 bits per heavy atom. The van der Waals surface area contributed by atoms with Crippen molar-refractivity contribution in [1.29, 1.82) is 0 Å². The lowest BCUT2D eigenvalue weighted by atomic mass is 10.0. The Hall–Kier alpha value is -1.94. The maximum Gasteiger partial charge on any atom is 0.306 e. The third-order valence-electron chi connectivity index (χ3n) is 10.6. The van der Waals surface area contributed by atoms with Crippen LogP contribution in [0.25, 0.3) is 10.4 Å². The van der Waals surface area contributed by atoms with Crippen LogP contribution in [-0.2, 0) is 32.7 Å². The quantitative estimate of drug-likeness (QED) is 0.00855. The summed E-state index contributed by atoms with van der Waals surface area (Å²) in [6.45, 7) is 3.84. The Bertz CT molecular complexity index is 1130. The van der Waals surface area contributed by atoms with Crippen LogP contribution in [0.1, 0.15) is 213 Å². The van der Waals surface area contributed by atoms with Gasteiger partial charge in [-0.05, 0) is 44.1 Å². The smallest absolute Gasteiger partial charge is 0.306 e. The van der Waals surface area contributed by atoms with E-state index in [0.29, 0.717) is 23.9 Å². The molecule has 0 aromatic carbocycles. The first-order valence-corrected chi connectivity index (χ1v) is 25.4. The number of hydrogen-bond donors (Lipinski definition) is 0. The van der Waals surface area contributed by atoms with Crippen LogP contribution in [0.4, 0.5) is 0 Å². The highest BCUT2D eigenvalue weighted by molar-refractivity contribution is 7.45. The van der Waals surface area contributed by atoms with Crippen molar-refractivity contribution in [2.75, 3.05) is 47.4 Å². The predicted octanol–water partition coefficient (Wildman–Crippen LogP) is 13.0. The van der Waals surface area contributed by atoms with Crippen molar-refractivity contribution in [3.8, 4) is 0 Å². The number of likely N-dealkylation sites (N-methyl/N-ethyl adjacent to an activating group) is 1. The van der Waals surface area contributed by atoms with Gasteiger partial charge in [-0.15, -0.1) is 0 Å². The Labute approximate surface area is 361 Å². The summed E-state index contributed by atoms with van der Waals surface area (Å²) in [7, 11) is 0.933. The number of ether oxygens (including phenoxy) is 2. The lowest BCUT2D eigenvalue weighted by Crippen LogP contribution is -2.41. The summed E-state index contributed by atoms with van der Waals surface area (Å²) in [6, 6.07) is 0. The van der Waals surface area contributed by atoms with E-state index in [4.69, 9.17) is 24.1 Å². The van der Waals surface area contributed by atoms with Gasteiger partial charge in [0.05, 0.1) is 34.3 Å². The van der Waals surface area contributed by atoms with Crippen LogP contribution >= 0.6 is 7.82 Å². The summed E-state index contributed by atoms with van der Waals surface area (Å²) in [4.78, 5) is 41.3. The molecule has 59 heavy (non-hydrogen) atoms. The monoisotopic (exact) mass is 857 g/mol. The zero-order valence-corrected chi connectivity index (χ0v) is 39.5. The summed E-state index contributed by atoms with van der Waals surface area (Å²) >= 11 is 0. The van der Waals surface area contributed by atoms with Gasteiger partial charge in [-0.1, -0.05) is 179 Å². The minimum absolute atomic E-state index is 0.0961. The number of azide groups is 1. The van der Waals surface area contributed by atoms with Crippen molar-refractivity contribution >= 4 is 19.8 Å². The minimum atomic E-state index is -4.78. The zero-order chi connectivity index (χ0) is 43.7. The minimum Gasteiger partial charge on any atom is -0.756 e. The predicted molar refractivity (Wildman–Crippen MR) is 240 cm³/mol. The van der Waals surface area contributed by atoms with Crippen molar-refractivity contribution in [2.45, 2.75) is 225 Å². The fourth-order valence-corrected chi connectivity index (χ4v) is 7.52. The number of allylic oxidation sites excluding steroid dienone is 2. The number of nitrogens with zero attached hydrogens (tertiary/aromatic N) is 4. The van der Waals surface area contributed by atoms with Crippen molar-refractivity contribution in [1.82, 2.24) is 0 Å². The first kappa shape index (κ1) is 57.1. The first-order chi connectivity index (χ1) is 28.4. The van der Waals surface area contributed by atoms with Gasteiger partial charge in [0, 0.05) is 17.8 Å². The van der Waals surface area contributed by atoms with E-state index in [1.165, 1.54) is 116 Å². The molecule has 0 fully saturated rings. The summed E-state index contributed by atoms with van der Waals surface area (Å²) < 4.78 is 34.6. The fraction of sp³-hybridized carbons (Fsp3) is 0.913. The van der Waals surface area contributed by atoms with Gasteiger partial charge in [0.1, 0.15) is 19.3 Å². The standard InChI is InChI=1S/C46H89N4O8P/c1-6-8-10-12-14-16-18-20-22-24-26-28-30-32-34-36-38-46(52)58-44(42-56-59(53,54)55-40-39-50(3,4)5)43(41-48-49-47)57-45(51)37-35-33-31-29-27-25-23-21-19-17-15-13-11-9-7-2/h20,22,43-44H,6-19,21,23-42H2,1-5H3/b22-20-/t43-,44-/m0/s1. The highest BCUT2D eigenvalue weighted by atomic mass is 31.2. The van der Waals surface area contributed by atoms with Crippen molar-refractivity contribution < 1.29 is 42.1 Å². The molecule has 346 valence electrons. The molecule has 0 rings (SSSR count). The Morgan fingerprint density at radius 2 is 0.983 bits per heavy atom. The lowest BCUT2D eigenvalue weighted by Gasteiger charge is -2.30. The van der Waals surface area contributed by atoms with Crippen LogP contribution in [0.5, 0.6) is 0 Å². The van der Waals surface area contributed by atoms with Crippen LogP contribution in [0.3, 0.4) is 0 Å². The van der Waals surface area contributed by atoms with E-state index in [1.807, 2.05) is 21.1 Å².